The summed E-state index contributed by atoms with van der Waals surface area (Å²) in [6.07, 6.45) is 12.2. The molecule has 19 heavy (non-hydrogen) atoms. The third-order valence-corrected chi connectivity index (χ3v) is 4.46. The smallest absolute Gasteiger partial charge is 0.0465 e. The molecule has 0 aromatic heterocycles. The van der Waals surface area contributed by atoms with Crippen LogP contribution in [-0.2, 0) is 4.74 Å². The highest BCUT2D eigenvalue weighted by molar-refractivity contribution is 4.78. The third-order valence-electron chi connectivity index (χ3n) is 4.46. The van der Waals surface area contributed by atoms with Crippen LogP contribution < -0.4 is 0 Å². The average Bonchev–Trinajstić information content (AvgIpc) is 2.38. The Morgan fingerprint density at radius 3 is 2.16 bits per heavy atom. The van der Waals surface area contributed by atoms with Crippen LogP contribution in [0, 0.1) is 11.3 Å². The Hall–Kier alpha value is -0.0400. The lowest BCUT2D eigenvalue weighted by Crippen LogP contribution is -2.24. The summed E-state index contributed by atoms with van der Waals surface area (Å²) in [5, 5.41) is 0. The Labute approximate surface area is 122 Å². The first-order valence-corrected chi connectivity index (χ1v) is 8.66. The second-order valence-corrected chi connectivity index (χ2v) is 6.62. The van der Waals surface area contributed by atoms with Crippen LogP contribution in [0.1, 0.15) is 92.4 Å². The van der Waals surface area contributed by atoms with E-state index >= 15 is 0 Å². The van der Waals surface area contributed by atoms with Crippen molar-refractivity contribution in [2.75, 3.05) is 13.2 Å². The van der Waals surface area contributed by atoms with Crippen molar-refractivity contribution >= 4 is 0 Å². The first-order valence-electron chi connectivity index (χ1n) is 8.66. The van der Waals surface area contributed by atoms with Crippen molar-refractivity contribution in [2.24, 2.45) is 11.3 Å². The summed E-state index contributed by atoms with van der Waals surface area (Å²) in [7, 11) is 0. The zero-order valence-corrected chi connectivity index (χ0v) is 14.3. The highest BCUT2D eigenvalue weighted by atomic mass is 16.5. The molecule has 0 aliphatic carbocycles. The van der Waals surface area contributed by atoms with E-state index in [-0.39, 0.29) is 0 Å². The molecule has 0 bridgehead atoms. The molecule has 1 heteroatoms. The molecular formula is C18H38O. The fraction of sp³-hybridized carbons (Fsp3) is 1.00. The molecule has 0 saturated carbocycles. The Morgan fingerprint density at radius 2 is 1.58 bits per heavy atom. The lowest BCUT2D eigenvalue weighted by atomic mass is 9.71. The van der Waals surface area contributed by atoms with Crippen LogP contribution in [0.2, 0.25) is 0 Å². The maximum Gasteiger partial charge on any atom is 0.0465 e. The van der Waals surface area contributed by atoms with Crippen molar-refractivity contribution in [2.45, 2.75) is 92.4 Å². The van der Waals surface area contributed by atoms with Crippen molar-refractivity contribution < 1.29 is 4.74 Å². The van der Waals surface area contributed by atoms with E-state index < -0.39 is 0 Å². The Balaban J connectivity index is 4.07. The highest BCUT2D eigenvalue weighted by Crippen LogP contribution is 2.38. The maximum absolute atomic E-state index is 5.49. The number of rotatable bonds is 13. The van der Waals surface area contributed by atoms with Crippen molar-refractivity contribution in [3.8, 4) is 0 Å². The fourth-order valence-corrected chi connectivity index (χ4v) is 3.06. The molecule has 116 valence electrons. The maximum atomic E-state index is 5.49. The van der Waals surface area contributed by atoms with E-state index in [0.29, 0.717) is 5.41 Å². The van der Waals surface area contributed by atoms with Crippen LogP contribution in [0.15, 0.2) is 0 Å². The summed E-state index contributed by atoms with van der Waals surface area (Å²) in [6.45, 7) is 13.5. The third kappa shape index (κ3) is 9.49. The number of hydrogen-bond acceptors (Lipinski definition) is 1. The van der Waals surface area contributed by atoms with Crippen molar-refractivity contribution in [1.29, 1.82) is 0 Å². The van der Waals surface area contributed by atoms with E-state index in [4.69, 9.17) is 4.74 Å². The standard InChI is InChI=1S/C18H38O/c1-6-9-10-11-15-18(4,5)17(13-7-2)14-12-16-19-8-3/h17H,6-16H2,1-5H3. The van der Waals surface area contributed by atoms with Gasteiger partial charge >= 0.3 is 0 Å². The predicted octanol–water partition coefficient (Wildman–Crippen LogP) is 6.22. The van der Waals surface area contributed by atoms with Gasteiger partial charge in [-0.05, 0) is 37.5 Å². The summed E-state index contributed by atoms with van der Waals surface area (Å²) in [6, 6.07) is 0. The van der Waals surface area contributed by atoms with Crippen LogP contribution in [0.25, 0.3) is 0 Å². The molecule has 0 aliphatic heterocycles. The van der Waals surface area contributed by atoms with Crippen LogP contribution in [-0.4, -0.2) is 13.2 Å². The summed E-state index contributed by atoms with van der Waals surface area (Å²) < 4.78 is 5.49. The molecule has 1 nitrogen and oxygen atoms in total. The van der Waals surface area contributed by atoms with E-state index in [0.717, 1.165) is 19.1 Å². The van der Waals surface area contributed by atoms with Gasteiger partial charge in [0, 0.05) is 13.2 Å². The molecule has 0 aromatic carbocycles. The van der Waals surface area contributed by atoms with Gasteiger partial charge in [0.15, 0.2) is 0 Å². The molecule has 0 N–H and O–H groups in total. The monoisotopic (exact) mass is 270 g/mol. The Kier molecular flexibility index (Phi) is 11.7. The van der Waals surface area contributed by atoms with Gasteiger partial charge in [0.25, 0.3) is 0 Å². The second kappa shape index (κ2) is 11.8. The van der Waals surface area contributed by atoms with Gasteiger partial charge in [0.05, 0.1) is 0 Å². The van der Waals surface area contributed by atoms with Crippen molar-refractivity contribution in [3.63, 3.8) is 0 Å². The number of hydrogen-bond donors (Lipinski definition) is 0. The van der Waals surface area contributed by atoms with Gasteiger partial charge in [-0.2, -0.15) is 0 Å². The van der Waals surface area contributed by atoms with E-state index in [1.54, 1.807) is 0 Å². The summed E-state index contributed by atoms with van der Waals surface area (Å²) in [5.74, 6) is 0.875. The zero-order chi connectivity index (χ0) is 14.6. The molecule has 0 rings (SSSR count). The van der Waals surface area contributed by atoms with Gasteiger partial charge in [0.1, 0.15) is 0 Å². The van der Waals surface area contributed by atoms with Gasteiger partial charge in [0.2, 0.25) is 0 Å². The van der Waals surface area contributed by atoms with Gasteiger partial charge in [-0.1, -0.05) is 66.2 Å². The van der Waals surface area contributed by atoms with Gasteiger partial charge in [-0.3, -0.25) is 0 Å². The van der Waals surface area contributed by atoms with Crippen LogP contribution in [0.4, 0.5) is 0 Å². The Morgan fingerprint density at radius 1 is 0.842 bits per heavy atom. The van der Waals surface area contributed by atoms with Crippen molar-refractivity contribution in [3.05, 3.63) is 0 Å². The molecule has 0 amide bonds. The minimum absolute atomic E-state index is 0.510. The molecule has 0 saturated heterocycles. The lowest BCUT2D eigenvalue weighted by molar-refractivity contribution is 0.115. The summed E-state index contributed by atoms with van der Waals surface area (Å²) in [5.41, 5.74) is 0.510. The van der Waals surface area contributed by atoms with E-state index in [1.807, 2.05) is 0 Å². The molecular weight excluding hydrogens is 232 g/mol. The first-order chi connectivity index (χ1) is 9.08. The first kappa shape index (κ1) is 19.0. The molecule has 0 heterocycles. The van der Waals surface area contributed by atoms with Crippen molar-refractivity contribution in [1.82, 2.24) is 0 Å². The van der Waals surface area contributed by atoms with E-state index in [1.165, 1.54) is 57.8 Å². The van der Waals surface area contributed by atoms with Crippen LogP contribution >= 0.6 is 0 Å². The average molecular weight is 271 g/mol. The zero-order valence-electron chi connectivity index (χ0n) is 14.3. The quantitative estimate of drug-likeness (QED) is 0.361. The van der Waals surface area contributed by atoms with Gasteiger partial charge in [-0.15, -0.1) is 0 Å². The number of ether oxygens (including phenoxy) is 1. The lowest BCUT2D eigenvalue weighted by Gasteiger charge is -2.35. The SMILES string of the molecule is CCCCCCC(C)(C)C(CCC)CCCOCC. The van der Waals surface area contributed by atoms with Gasteiger partial charge < -0.3 is 4.74 Å². The molecule has 1 atom stereocenters. The van der Waals surface area contributed by atoms with Crippen LogP contribution in [0.5, 0.6) is 0 Å². The topological polar surface area (TPSA) is 9.23 Å². The molecule has 0 radical (unpaired) electrons. The molecule has 0 aromatic rings. The minimum atomic E-state index is 0.510. The molecule has 1 unspecified atom stereocenters. The highest BCUT2D eigenvalue weighted by Gasteiger charge is 2.27. The van der Waals surface area contributed by atoms with E-state index in [9.17, 15) is 0 Å². The Bertz CT molecular complexity index is 186. The normalized spacial score (nSPS) is 13.7. The van der Waals surface area contributed by atoms with Gasteiger partial charge in [-0.25, -0.2) is 0 Å². The van der Waals surface area contributed by atoms with Crippen LogP contribution in [0.3, 0.4) is 0 Å². The summed E-state index contributed by atoms with van der Waals surface area (Å²) >= 11 is 0. The minimum Gasteiger partial charge on any atom is -0.382 e. The number of unbranched alkanes of at least 4 members (excludes halogenated alkanes) is 3. The molecule has 0 fully saturated rings. The largest absolute Gasteiger partial charge is 0.382 e. The second-order valence-electron chi connectivity index (χ2n) is 6.62. The molecule has 0 aliphatic rings. The van der Waals surface area contributed by atoms with E-state index in [2.05, 4.69) is 34.6 Å². The summed E-state index contributed by atoms with van der Waals surface area (Å²) in [4.78, 5) is 0. The fourth-order valence-electron chi connectivity index (χ4n) is 3.06. The molecule has 0 spiro atoms. The predicted molar refractivity (Wildman–Crippen MR) is 86.7 cm³/mol.